The largest absolute Gasteiger partial charge is 0.478 e. The molecule has 0 radical (unpaired) electrons. The molecular formula is C15H22N2O5S2. The van der Waals surface area contributed by atoms with E-state index in [2.05, 4.69) is 10.0 Å². The van der Waals surface area contributed by atoms with Crippen LogP contribution in [0.5, 0.6) is 0 Å². The molecule has 3 rings (SSSR count). The smallest absolute Gasteiger partial charge is 0.338 e. The summed E-state index contributed by atoms with van der Waals surface area (Å²) in [5, 5.41) is 12.6. The average molecular weight is 374 g/mol. The van der Waals surface area contributed by atoms with Crippen molar-refractivity contribution in [2.24, 2.45) is 5.92 Å². The van der Waals surface area contributed by atoms with Gasteiger partial charge in [-0.15, -0.1) is 11.3 Å². The molecule has 1 aromatic rings. The normalized spacial score (nSPS) is 20.9. The van der Waals surface area contributed by atoms with Gasteiger partial charge in [0.05, 0.1) is 5.56 Å². The number of rotatable bonds is 7. The number of nitrogens with one attached hydrogen (secondary N) is 2. The number of carboxylic acids is 1. The number of hydrogen-bond acceptors (Lipinski definition) is 6. The fraction of sp³-hybridized carbons (Fsp3) is 0.667. The maximum Gasteiger partial charge on any atom is 0.338 e. The van der Waals surface area contributed by atoms with Crippen molar-refractivity contribution in [3.05, 3.63) is 16.0 Å². The molecule has 9 heteroatoms. The summed E-state index contributed by atoms with van der Waals surface area (Å²) in [6.07, 6.45) is 3.21. The van der Waals surface area contributed by atoms with Gasteiger partial charge in [-0.3, -0.25) is 0 Å². The Kier molecular flexibility index (Phi) is 5.56. The Morgan fingerprint density at radius 1 is 1.46 bits per heavy atom. The first-order chi connectivity index (χ1) is 11.5. The third-order valence-corrected chi connectivity index (χ3v) is 7.67. The standard InChI is InChI=1S/C15H22N2O5S2/c18-14(19)13-11-3-6-16-8-12(11)23-15(13)24(20,21)17-5-1-2-10-4-7-22-9-10/h10,16-17H,1-9H2,(H,18,19)/t10-/m0/s1. The number of fused-ring (bicyclic) bond motifs is 1. The Balaban J connectivity index is 1.69. The lowest BCUT2D eigenvalue weighted by Crippen LogP contribution is -2.26. The highest BCUT2D eigenvalue weighted by atomic mass is 32.2. The van der Waals surface area contributed by atoms with Gasteiger partial charge in [0.1, 0.15) is 4.21 Å². The summed E-state index contributed by atoms with van der Waals surface area (Å²) in [6, 6.07) is 0. The van der Waals surface area contributed by atoms with Gasteiger partial charge in [-0.2, -0.15) is 0 Å². The Morgan fingerprint density at radius 2 is 2.29 bits per heavy atom. The molecule has 3 N–H and O–H groups in total. The van der Waals surface area contributed by atoms with Crippen LogP contribution < -0.4 is 10.0 Å². The first kappa shape index (κ1) is 17.8. The molecule has 0 bridgehead atoms. The van der Waals surface area contributed by atoms with Crippen molar-refractivity contribution < 1.29 is 23.1 Å². The van der Waals surface area contributed by atoms with Crippen molar-refractivity contribution in [1.29, 1.82) is 0 Å². The predicted octanol–water partition coefficient (Wildman–Crippen LogP) is 1.19. The first-order valence-electron chi connectivity index (χ1n) is 8.15. The topological polar surface area (TPSA) is 105 Å². The van der Waals surface area contributed by atoms with E-state index in [0.717, 1.165) is 48.7 Å². The summed E-state index contributed by atoms with van der Waals surface area (Å²) >= 11 is 1.07. The van der Waals surface area contributed by atoms with Crippen LogP contribution >= 0.6 is 11.3 Å². The highest BCUT2D eigenvalue weighted by Gasteiger charge is 2.31. The molecule has 0 unspecified atom stereocenters. The predicted molar refractivity (Wildman–Crippen MR) is 90.0 cm³/mol. The van der Waals surface area contributed by atoms with Crippen LogP contribution in [0.3, 0.4) is 0 Å². The number of carbonyl (C=O) groups is 1. The second-order valence-electron chi connectivity index (χ2n) is 6.17. The van der Waals surface area contributed by atoms with Crippen LogP contribution in [0.4, 0.5) is 0 Å². The molecule has 0 spiro atoms. The number of aromatic carboxylic acids is 1. The maximum absolute atomic E-state index is 12.6. The fourth-order valence-corrected chi connectivity index (χ4v) is 6.17. The second-order valence-corrected chi connectivity index (χ2v) is 9.24. The second kappa shape index (κ2) is 7.49. The van der Waals surface area contributed by atoms with Crippen molar-refractivity contribution in [2.75, 3.05) is 26.3 Å². The minimum Gasteiger partial charge on any atom is -0.478 e. The minimum atomic E-state index is -3.80. The number of carboxylic acid groups (broad SMARTS) is 1. The minimum absolute atomic E-state index is 0.0480. The van der Waals surface area contributed by atoms with Gasteiger partial charge in [-0.05, 0) is 43.7 Å². The molecule has 7 nitrogen and oxygen atoms in total. The van der Waals surface area contributed by atoms with E-state index in [1.165, 1.54) is 0 Å². The van der Waals surface area contributed by atoms with Crippen LogP contribution in [0.15, 0.2) is 4.21 Å². The van der Waals surface area contributed by atoms with Crippen molar-refractivity contribution >= 4 is 27.3 Å². The molecule has 2 aliphatic rings. The number of ether oxygens (including phenoxy) is 1. The summed E-state index contributed by atoms with van der Waals surface area (Å²) in [5.41, 5.74) is 0.614. The van der Waals surface area contributed by atoms with Crippen LogP contribution in [0.1, 0.15) is 40.1 Å². The maximum atomic E-state index is 12.6. The molecule has 1 atom stereocenters. The monoisotopic (exact) mass is 374 g/mol. The highest BCUT2D eigenvalue weighted by Crippen LogP contribution is 2.34. The third kappa shape index (κ3) is 3.80. The molecule has 0 saturated carbocycles. The number of thiophene rings is 1. The zero-order valence-corrected chi connectivity index (χ0v) is 15.0. The molecule has 3 heterocycles. The molecule has 1 fully saturated rings. The summed E-state index contributed by atoms with van der Waals surface area (Å²) < 4.78 is 32.9. The molecule has 0 aliphatic carbocycles. The summed E-state index contributed by atoms with van der Waals surface area (Å²) in [5.74, 6) is -0.665. The number of sulfonamides is 1. The Morgan fingerprint density at radius 3 is 3.00 bits per heavy atom. The van der Waals surface area contributed by atoms with Crippen LogP contribution in [0, 0.1) is 5.92 Å². The lowest BCUT2D eigenvalue weighted by molar-refractivity contribution is 0.0692. The molecular weight excluding hydrogens is 352 g/mol. The summed E-state index contributed by atoms with van der Waals surface area (Å²) in [6.45, 7) is 3.05. The van der Waals surface area contributed by atoms with E-state index in [1.54, 1.807) is 0 Å². The van der Waals surface area contributed by atoms with Gasteiger partial charge in [0.15, 0.2) is 0 Å². The molecule has 2 aliphatic heterocycles. The quantitative estimate of drug-likeness (QED) is 0.619. The highest BCUT2D eigenvalue weighted by molar-refractivity contribution is 7.91. The molecule has 134 valence electrons. The zero-order chi connectivity index (χ0) is 17.2. The lowest BCUT2D eigenvalue weighted by atomic mass is 10.0. The Hall–Kier alpha value is -1.00. The van der Waals surface area contributed by atoms with Crippen molar-refractivity contribution in [1.82, 2.24) is 10.0 Å². The summed E-state index contributed by atoms with van der Waals surface area (Å²) in [4.78, 5) is 12.4. The van der Waals surface area contributed by atoms with E-state index in [9.17, 15) is 18.3 Å². The van der Waals surface area contributed by atoms with E-state index in [-0.39, 0.29) is 9.77 Å². The van der Waals surface area contributed by atoms with Crippen LogP contribution in [0.2, 0.25) is 0 Å². The Bertz CT molecular complexity index is 708. The van der Waals surface area contributed by atoms with Gasteiger partial charge in [0.2, 0.25) is 0 Å². The molecule has 1 saturated heterocycles. The average Bonchev–Trinajstić information content (AvgIpc) is 3.19. The van der Waals surface area contributed by atoms with Crippen LogP contribution in [0.25, 0.3) is 0 Å². The van der Waals surface area contributed by atoms with Crippen LogP contribution in [-0.2, 0) is 27.7 Å². The molecule has 24 heavy (non-hydrogen) atoms. The fourth-order valence-electron chi connectivity index (χ4n) is 3.19. The van der Waals surface area contributed by atoms with E-state index in [4.69, 9.17) is 4.74 Å². The van der Waals surface area contributed by atoms with Gasteiger partial charge in [0.25, 0.3) is 10.0 Å². The van der Waals surface area contributed by atoms with E-state index in [1.807, 2.05) is 0 Å². The van der Waals surface area contributed by atoms with Gasteiger partial charge in [-0.25, -0.2) is 17.9 Å². The van der Waals surface area contributed by atoms with Crippen LogP contribution in [-0.4, -0.2) is 45.8 Å². The lowest BCUT2D eigenvalue weighted by Gasteiger charge is -2.12. The van der Waals surface area contributed by atoms with E-state index in [0.29, 0.717) is 37.5 Å². The molecule has 0 amide bonds. The Labute approximate surface area is 145 Å². The molecule has 1 aromatic heterocycles. The van der Waals surface area contributed by atoms with Gasteiger partial charge >= 0.3 is 5.97 Å². The van der Waals surface area contributed by atoms with Crippen molar-refractivity contribution in [3.63, 3.8) is 0 Å². The van der Waals surface area contributed by atoms with E-state index < -0.39 is 16.0 Å². The van der Waals surface area contributed by atoms with E-state index >= 15 is 0 Å². The summed E-state index contributed by atoms with van der Waals surface area (Å²) in [7, 11) is -3.80. The van der Waals surface area contributed by atoms with Gasteiger partial charge < -0.3 is 15.2 Å². The van der Waals surface area contributed by atoms with Gasteiger partial charge in [-0.1, -0.05) is 0 Å². The van der Waals surface area contributed by atoms with Crippen molar-refractivity contribution in [2.45, 2.75) is 36.4 Å². The SMILES string of the molecule is O=C(O)c1c(S(=O)(=O)NCCC[C@H]2CCOC2)sc2c1CCNC2. The number of hydrogen-bond donors (Lipinski definition) is 3. The molecule has 0 aromatic carbocycles. The zero-order valence-electron chi connectivity index (χ0n) is 13.3. The van der Waals surface area contributed by atoms with Gasteiger partial charge in [0, 0.05) is 31.2 Å². The first-order valence-corrected chi connectivity index (χ1v) is 10.4. The van der Waals surface area contributed by atoms with Crippen molar-refractivity contribution in [3.8, 4) is 0 Å². The third-order valence-electron chi connectivity index (χ3n) is 4.46.